The van der Waals surface area contributed by atoms with E-state index in [1.807, 2.05) is 6.07 Å². The van der Waals surface area contributed by atoms with Gasteiger partial charge >= 0.3 is 17.9 Å². The Morgan fingerprint density at radius 3 is 2.42 bits per heavy atom. The van der Waals surface area contributed by atoms with Crippen molar-refractivity contribution in [1.29, 1.82) is 0 Å². The number of nitrogens with one attached hydrogen (secondary N) is 2. The Bertz CT molecular complexity index is 1480. The number of carbonyl (C=O) groups is 3. The Kier molecular flexibility index (Phi) is 8.13. The smallest absolute Gasteiger partial charge is 0.361 e. The maximum atomic E-state index is 13.0. The lowest BCUT2D eigenvalue weighted by molar-refractivity contribution is -0.132. The minimum absolute atomic E-state index is 0.0669. The quantitative estimate of drug-likeness (QED) is 0.238. The second-order valence-corrected chi connectivity index (χ2v) is 9.02. The van der Waals surface area contributed by atoms with E-state index in [9.17, 15) is 22.8 Å². The van der Waals surface area contributed by atoms with Gasteiger partial charge in [0.05, 0.1) is 15.4 Å². The van der Waals surface area contributed by atoms with Crippen LogP contribution in [0.5, 0.6) is 0 Å². The largest absolute Gasteiger partial charge is 0.476 e. The highest BCUT2D eigenvalue weighted by atomic mass is 32.2. The van der Waals surface area contributed by atoms with E-state index >= 15 is 0 Å². The van der Waals surface area contributed by atoms with Crippen molar-refractivity contribution >= 4 is 33.4 Å². The first-order chi connectivity index (χ1) is 17.2. The number of aliphatic carboxylic acids is 1. The second kappa shape index (κ2) is 11.4. The maximum Gasteiger partial charge on any atom is 0.361 e. The zero-order valence-electron chi connectivity index (χ0n) is 18.5. The van der Waals surface area contributed by atoms with E-state index in [-0.39, 0.29) is 21.9 Å². The number of rotatable bonds is 8. The molecular weight excluding hydrogens is 488 g/mol. The van der Waals surface area contributed by atoms with E-state index in [1.165, 1.54) is 42.5 Å². The molecule has 3 N–H and O–H groups in total. The third kappa shape index (κ3) is 6.76. The zero-order valence-corrected chi connectivity index (χ0v) is 19.3. The molecule has 0 saturated heterocycles. The molecule has 0 atom stereocenters. The summed E-state index contributed by atoms with van der Waals surface area (Å²) in [6.07, 6.45) is 3.24. The summed E-state index contributed by atoms with van der Waals surface area (Å²) in [6, 6.07) is 13.7. The summed E-state index contributed by atoms with van der Waals surface area (Å²) >= 11 is 0. The summed E-state index contributed by atoms with van der Waals surface area (Å²) in [5.74, 6) is -2.35. The molecule has 2 aromatic carbocycles. The van der Waals surface area contributed by atoms with E-state index < -0.39 is 33.4 Å². The first-order valence-electron chi connectivity index (χ1n) is 10.1. The van der Waals surface area contributed by atoms with E-state index in [2.05, 4.69) is 37.3 Å². The minimum atomic E-state index is -4.01. The van der Waals surface area contributed by atoms with Crippen LogP contribution >= 0.6 is 0 Å². The lowest BCUT2D eigenvalue weighted by Crippen LogP contribution is -2.28. The van der Waals surface area contributed by atoms with Crippen LogP contribution in [0.25, 0.3) is 0 Å². The highest BCUT2D eigenvalue weighted by Gasteiger charge is 2.20. The van der Waals surface area contributed by atoms with Crippen molar-refractivity contribution in [3.63, 3.8) is 0 Å². The average molecular weight is 508 g/mol. The fourth-order valence-corrected chi connectivity index (χ4v) is 4.03. The van der Waals surface area contributed by atoms with Crippen molar-refractivity contribution < 1.29 is 27.9 Å². The summed E-state index contributed by atoms with van der Waals surface area (Å²) in [6.45, 7) is 3.37. The summed E-state index contributed by atoms with van der Waals surface area (Å²) < 4.78 is 26.0. The molecule has 0 fully saturated rings. The van der Waals surface area contributed by atoms with Crippen LogP contribution in [0.3, 0.4) is 0 Å². The molecule has 0 bridgehead atoms. The van der Waals surface area contributed by atoms with Gasteiger partial charge in [-0.3, -0.25) is 9.78 Å². The molecule has 1 aromatic heterocycles. The van der Waals surface area contributed by atoms with Crippen LogP contribution in [0.1, 0.15) is 15.9 Å². The van der Waals surface area contributed by atoms with Gasteiger partial charge in [-0.15, -0.1) is 0 Å². The number of carbonyl (C=O) groups excluding carboxylic acids is 2. The number of benzene rings is 2. The van der Waals surface area contributed by atoms with Crippen molar-refractivity contribution in [2.45, 2.75) is 16.3 Å². The number of nitrogens with zero attached hydrogens (tertiary/aromatic N) is 4. The van der Waals surface area contributed by atoms with Gasteiger partial charge in [0, 0.05) is 24.6 Å². The molecule has 0 unspecified atom stereocenters. The molecule has 3 aromatic rings. The third-order valence-corrected chi connectivity index (χ3v) is 6.30. The van der Waals surface area contributed by atoms with Crippen molar-refractivity contribution in [2.75, 3.05) is 5.32 Å². The van der Waals surface area contributed by atoms with Gasteiger partial charge in [0.15, 0.2) is 5.11 Å². The van der Waals surface area contributed by atoms with Gasteiger partial charge in [-0.2, -0.15) is 0 Å². The number of pyridine rings is 1. The van der Waals surface area contributed by atoms with E-state index in [4.69, 9.17) is 5.11 Å². The lowest BCUT2D eigenvalue weighted by Gasteiger charge is -2.09. The Hall–Kier alpha value is -5.00. The highest BCUT2D eigenvalue weighted by Crippen LogP contribution is 2.23. The summed E-state index contributed by atoms with van der Waals surface area (Å²) in [7, 11) is -4.01. The molecule has 3 amide bonds. The van der Waals surface area contributed by atoms with Crippen LogP contribution < -0.4 is 15.5 Å². The van der Waals surface area contributed by atoms with Crippen LogP contribution in [0.15, 0.2) is 105 Å². The standard InChI is InChI=1S/C23H18N6O6S/c1-15(22(31)32)27-29-28-21(30)17-5-2-6-20(12-17)36(34,35)19-9-7-18(8-10-19)26-23(33)25-14-16-4-3-11-24-13-16/h2-13H,1,14H2,(H2-,25,26,31,32,33)/p+1. The molecule has 0 aliphatic heterocycles. The van der Waals surface area contributed by atoms with Crippen molar-refractivity contribution in [3.05, 3.63) is 96.5 Å². The maximum absolute atomic E-state index is 13.0. The fraction of sp³-hybridized carbons (Fsp3) is 0.0435. The van der Waals surface area contributed by atoms with Crippen molar-refractivity contribution in [2.24, 2.45) is 10.2 Å². The van der Waals surface area contributed by atoms with Gasteiger partial charge in [0.25, 0.3) is 0 Å². The predicted molar refractivity (Wildman–Crippen MR) is 127 cm³/mol. The molecule has 0 spiro atoms. The number of urea groups is 1. The number of carboxylic acid groups (broad SMARTS) is 1. The van der Waals surface area contributed by atoms with Crippen LogP contribution in [0.2, 0.25) is 0 Å². The molecule has 36 heavy (non-hydrogen) atoms. The molecule has 13 heteroatoms. The molecule has 182 valence electrons. The van der Waals surface area contributed by atoms with Gasteiger partial charge in [-0.25, -0.2) is 18.0 Å². The number of carboxylic acids is 1. The van der Waals surface area contributed by atoms with E-state index in [0.29, 0.717) is 5.69 Å². The zero-order chi connectivity index (χ0) is 26.1. The van der Waals surface area contributed by atoms with Gasteiger partial charge in [0.1, 0.15) is 0 Å². The lowest BCUT2D eigenvalue weighted by atomic mass is 10.2. The Balaban J connectivity index is 1.69. The molecule has 1 heterocycles. The third-order valence-electron chi connectivity index (χ3n) is 4.54. The molecule has 0 aliphatic rings. The topological polar surface area (TPSA) is 181 Å². The molecule has 12 nitrogen and oxygen atoms in total. The second-order valence-electron chi connectivity index (χ2n) is 7.07. The number of hydrogen-bond acceptors (Lipinski definition) is 7. The van der Waals surface area contributed by atoms with Gasteiger partial charge in [-0.1, -0.05) is 18.7 Å². The Morgan fingerprint density at radius 2 is 1.75 bits per heavy atom. The van der Waals surface area contributed by atoms with Gasteiger partial charge in [0.2, 0.25) is 25.6 Å². The molecule has 0 aliphatic carbocycles. The van der Waals surface area contributed by atoms with Gasteiger partial charge in [-0.05, 0) is 54.1 Å². The van der Waals surface area contributed by atoms with Crippen LogP contribution in [0.4, 0.5) is 10.5 Å². The SMILES string of the molecule is C=C(N=[N+]=NC(=O)c1cccc(S(=O)(=O)c2ccc(NC(=O)NCc3cccnc3)cc2)c1)C(=O)O. The van der Waals surface area contributed by atoms with Gasteiger partial charge < -0.3 is 15.7 Å². The summed E-state index contributed by atoms with van der Waals surface area (Å²) in [5, 5.41) is 20.3. The van der Waals surface area contributed by atoms with Crippen molar-refractivity contribution in [3.8, 4) is 0 Å². The number of hydrogen-bond donors (Lipinski definition) is 3. The minimum Gasteiger partial charge on any atom is -0.476 e. The number of aromatic nitrogens is 1. The highest BCUT2D eigenvalue weighted by molar-refractivity contribution is 7.91. The average Bonchev–Trinajstić information content (AvgIpc) is 2.88. The first-order valence-corrected chi connectivity index (χ1v) is 11.6. The molecular formula is C23H19N6O6S+. The van der Waals surface area contributed by atoms with Crippen LogP contribution in [-0.4, -0.2) is 36.4 Å². The number of anilines is 1. The predicted octanol–water partition coefficient (Wildman–Crippen LogP) is 2.95. The molecule has 0 radical (unpaired) electrons. The number of amides is 3. The Morgan fingerprint density at radius 1 is 1.00 bits per heavy atom. The van der Waals surface area contributed by atoms with E-state index in [0.717, 1.165) is 11.6 Å². The molecule has 3 rings (SSSR count). The van der Waals surface area contributed by atoms with Crippen molar-refractivity contribution in [1.82, 2.24) is 15.2 Å². The van der Waals surface area contributed by atoms with E-state index in [1.54, 1.807) is 18.5 Å². The summed E-state index contributed by atoms with van der Waals surface area (Å²) in [4.78, 5) is 41.7. The fourth-order valence-electron chi connectivity index (χ4n) is 2.73. The Labute approximate surface area is 205 Å². The summed E-state index contributed by atoms with van der Waals surface area (Å²) in [5.41, 5.74) is 0.469. The monoisotopic (exact) mass is 507 g/mol. The normalized spacial score (nSPS) is 10.4. The first kappa shape index (κ1) is 25.6. The van der Waals surface area contributed by atoms with Crippen LogP contribution in [-0.2, 0) is 21.2 Å². The number of sulfone groups is 1. The van der Waals surface area contributed by atoms with Crippen LogP contribution in [0, 0.1) is 0 Å². The molecule has 0 saturated carbocycles.